The van der Waals surface area contributed by atoms with E-state index in [1.807, 2.05) is 13.0 Å². The average Bonchev–Trinajstić information content (AvgIpc) is 2.46. The molecule has 2 N–H and O–H groups in total. The van der Waals surface area contributed by atoms with Crippen LogP contribution in [0.2, 0.25) is 0 Å². The van der Waals surface area contributed by atoms with Crippen molar-refractivity contribution >= 4 is 37.5 Å². The minimum atomic E-state index is -3.70. The van der Waals surface area contributed by atoms with Crippen molar-refractivity contribution in [3.63, 3.8) is 0 Å². The van der Waals surface area contributed by atoms with Crippen molar-refractivity contribution in [3.05, 3.63) is 47.1 Å². The van der Waals surface area contributed by atoms with E-state index in [-0.39, 0.29) is 4.90 Å². The highest BCUT2D eigenvalue weighted by atomic mass is 79.9. The van der Waals surface area contributed by atoms with Crippen LogP contribution in [-0.4, -0.2) is 19.9 Å². The first-order valence-corrected chi connectivity index (χ1v) is 8.78. The molecule has 0 atom stereocenters. The van der Waals surface area contributed by atoms with Gasteiger partial charge in [-0.05, 0) is 40.5 Å². The van der Waals surface area contributed by atoms with Gasteiger partial charge in [0.25, 0.3) is 10.0 Å². The molecule has 0 aliphatic heterocycles. The van der Waals surface area contributed by atoms with Gasteiger partial charge < -0.3 is 5.32 Å². The van der Waals surface area contributed by atoms with Crippen LogP contribution in [-0.2, 0) is 10.0 Å². The Labute approximate surface area is 133 Å². The molecule has 112 valence electrons. The van der Waals surface area contributed by atoms with Crippen molar-refractivity contribution < 1.29 is 8.42 Å². The number of aromatic nitrogens is 1. The molecule has 1 aromatic carbocycles. The molecule has 0 aliphatic carbocycles. The molecule has 5 nitrogen and oxygen atoms in total. The second kappa shape index (κ2) is 6.91. The Kier molecular flexibility index (Phi) is 5.19. The molecule has 21 heavy (non-hydrogen) atoms. The van der Waals surface area contributed by atoms with Gasteiger partial charge in [-0.25, -0.2) is 13.4 Å². The van der Waals surface area contributed by atoms with Crippen LogP contribution in [0.1, 0.15) is 13.3 Å². The lowest BCUT2D eigenvalue weighted by Crippen LogP contribution is -2.16. The summed E-state index contributed by atoms with van der Waals surface area (Å²) < 4.78 is 28.2. The van der Waals surface area contributed by atoms with Crippen molar-refractivity contribution in [2.75, 3.05) is 16.6 Å². The Hall–Kier alpha value is -1.60. The Morgan fingerprint density at radius 2 is 1.95 bits per heavy atom. The quantitative estimate of drug-likeness (QED) is 0.817. The normalized spacial score (nSPS) is 11.1. The first kappa shape index (κ1) is 15.8. The highest BCUT2D eigenvalue weighted by Crippen LogP contribution is 2.25. The number of benzene rings is 1. The van der Waals surface area contributed by atoms with Gasteiger partial charge in [0.1, 0.15) is 10.7 Å². The van der Waals surface area contributed by atoms with Crippen molar-refractivity contribution in [2.24, 2.45) is 0 Å². The third-order valence-corrected chi connectivity index (χ3v) is 4.51. The van der Waals surface area contributed by atoms with Gasteiger partial charge in [0.15, 0.2) is 0 Å². The third-order valence-electron chi connectivity index (χ3n) is 2.68. The summed E-state index contributed by atoms with van der Waals surface area (Å²) in [5, 5.41) is 3.03. The zero-order valence-electron chi connectivity index (χ0n) is 11.5. The van der Waals surface area contributed by atoms with Crippen LogP contribution in [0.4, 0.5) is 11.5 Å². The molecule has 0 spiro atoms. The Morgan fingerprint density at radius 1 is 1.24 bits per heavy atom. The molecule has 1 heterocycles. The van der Waals surface area contributed by atoms with E-state index in [1.165, 1.54) is 6.07 Å². The van der Waals surface area contributed by atoms with E-state index in [0.29, 0.717) is 22.5 Å². The molecule has 0 bridgehead atoms. The number of para-hydroxylation sites is 1. The fraction of sp³-hybridized carbons (Fsp3) is 0.214. The Bertz CT molecular complexity index is 705. The number of hydrogen-bond donors (Lipinski definition) is 2. The van der Waals surface area contributed by atoms with E-state index in [1.54, 1.807) is 30.5 Å². The van der Waals surface area contributed by atoms with Gasteiger partial charge in [0, 0.05) is 22.9 Å². The van der Waals surface area contributed by atoms with E-state index in [4.69, 9.17) is 0 Å². The summed E-state index contributed by atoms with van der Waals surface area (Å²) in [5.74, 6) is 0.350. The van der Waals surface area contributed by atoms with Gasteiger partial charge in [0.05, 0.1) is 0 Å². The highest BCUT2D eigenvalue weighted by molar-refractivity contribution is 9.10. The number of halogens is 1. The van der Waals surface area contributed by atoms with Crippen molar-refractivity contribution in [1.82, 2.24) is 4.98 Å². The number of rotatable bonds is 6. The number of nitrogens with one attached hydrogen (secondary N) is 2. The lowest BCUT2D eigenvalue weighted by Gasteiger charge is -2.13. The maximum atomic E-state index is 12.5. The molecule has 0 amide bonds. The summed E-state index contributed by atoms with van der Waals surface area (Å²) in [6, 6.07) is 10.3. The number of sulfonamides is 1. The summed E-state index contributed by atoms with van der Waals surface area (Å²) in [5.41, 5.74) is 0.513. The van der Waals surface area contributed by atoms with Crippen molar-refractivity contribution in [3.8, 4) is 0 Å². The molecule has 0 radical (unpaired) electrons. The minimum Gasteiger partial charge on any atom is -0.369 e. The maximum absolute atomic E-state index is 12.5. The number of nitrogens with zero attached hydrogens (tertiary/aromatic N) is 1. The molecular formula is C14H16BrN3O2S. The zero-order valence-corrected chi connectivity index (χ0v) is 13.9. The number of pyridine rings is 1. The van der Waals surface area contributed by atoms with Crippen LogP contribution in [0, 0.1) is 0 Å². The summed E-state index contributed by atoms with van der Waals surface area (Å²) in [4.78, 5) is 4.27. The van der Waals surface area contributed by atoms with E-state index >= 15 is 0 Å². The largest absolute Gasteiger partial charge is 0.369 e. The molecule has 2 rings (SSSR count). The van der Waals surface area contributed by atoms with Gasteiger partial charge in [0.2, 0.25) is 0 Å². The Balaban J connectivity index is 2.36. The third kappa shape index (κ3) is 4.18. The second-order valence-corrected chi connectivity index (χ2v) is 6.97. The first-order chi connectivity index (χ1) is 10.0. The molecular weight excluding hydrogens is 354 g/mol. The first-order valence-electron chi connectivity index (χ1n) is 6.50. The van der Waals surface area contributed by atoms with Crippen LogP contribution < -0.4 is 10.0 Å². The zero-order chi connectivity index (χ0) is 15.3. The molecule has 7 heteroatoms. The van der Waals surface area contributed by atoms with Gasteiger partial charge in [-0.1, -0.05) is 25.1 Å². The second-order valence-electron chi connectivity index (χ2n) is 4.40. The lowest BCUT2D eigenvalue weighted by atomic mass is 10.3. The smallest absolute Gasteiger partial charge is 0.265 e. The number of anilines is 2. The fourth-order valence-electron chi connectivity index (χ4n) is 1.72. The van der Waals surface area contributed by atoms with E-state index in [2.05, 4.69) is 31.0 Å². The highest BCUT2D eigenvalue weighted by Gasteiger charge is 2.20. The lowest BCUT2D eigenvalue weighted by molar-refractivity contribution is 0.601. The summed E-state index contributed by atoms with van der Waals surface area (Å²) in [6.07, 6.45) is 2.45. The molecule has 1 aromatic heterocycles. The fourth-order valence-corrected chi connectivity index (χ4v) is 3.42. The van der Waals surface area contributed by atoms with Gasteiger partial charge in [-0.3, -0.25) is 4.72 Å². The number of hydrogen-bond acceptors (Lipinski definition) is 4. The van der Waals surface area contributed by atoms with Crippen LogP contribution in [0.3, 0.4) is 0 Å². The van der Waals surface area contributed by atoms with Crippen LogP contribution in [0.5, 0.6) is 0 Å². The molecule has 0 saturated carbocycles. The summed E-state index contributed by atoms with van der Waals surface area (Å²) in [7, 11) is -3.70. The topological polar surface area (TPSA) is 71.1 Å². The SMILES string of the molecule is CCCNc1ncc(Br)cc1S(=O)(=O)Nc1ccccc1. The molecule has 0 saturated heterocycles. The molecule has 0 unspecified atom stereocenters. The van der Waals surface area contributed by atoms with E-state index in [9.17, 15) is 8.42 Å². The summed E-state index contributed by atoms with van der Waals surface area (Å²) in [6.45, 7) is 2.66. The predicted octanol–water partition coefficient (Wildman–Crippen LogP) is 3.47. The van der Waals surface area contributed by atoms with Gasteiger partial charge in [-0.2, -0.15) is 0 Å². The standard InChI is InChI=1S/C14H16BrN3O2S/c1-2-8-16-14-13(9-11(15)10-17-14)21(19,20)18-12-6-4-3-5-7-12/h3-7,9-10,18H,2,8H2,1H3,(H,16,17). The van der Waals surface area contributed by atoms with E-state index in [0.717, 1.165) is 6.42 Å². The van der Waals surface area contributed by atoms with Crippen molar-refractivity contribution in [1.29, 1.82) is 0 Å². The molecule has 2 aromatic rings. The van der Waals surface area contributed by atoms with Crippen molar-refractivity contribution in [2.45, 2.75) is 18.2 Å². The van der Waals surface area contributed by atoms with Crippen LogP contribution in [0.15, 0.2) is 52.0 Å². The Morgan fingerprint density at radius 3 is 2.62 bits per heavy atom. The van der Waals surface area contributed by atoms with Gasteiger partial charge in [-0.15, -0.1) is 0 Å². The monoisotopic (exact) mass is 369 g/mol. The summed E-state index contributed by atoms with van der Waals surface area (Å²) >= 11 is 3.26. The predicted molar refractivity (Wildman–Crippen MR) is 88.0 cm³/mol. The molecule has 0 fully saturated rings. The van der Waals surface area contributed by atoms with Crippen LogP contribution >= 0.6 is 15.9 Å². The average molecular weight is 370 g/mol. The molecule has 0 aliphatic rings. The minimum absolute atomic E-state index is 0.120. The van der Waals surface area contributed by atoms with E-state index < -0.39 is 10.0 Å². The maximum Gasteiger partial charge on any atom is 0.265 e. The van der Waals surface area contributed by atoms with Crippen LogP contribution in [0.25, 0.3) is 0 Å². The van der Waals surface area contributed by atoms with Gasteiger partial charge >= 0.3 is 0 Å².